The standard InChI is InChI=1S/C10H8ClF3N2O4/c11-5-2-1-3-6(16(19)20)8(5)9(18)15-4-7(17)10(12,13)14/h1-3,7,17H,4H2,(H,15,18). The molecule has 1 aromatic carbocycles. The Morgan fingerprint density at radius 3 is 2.60 bits per heavy atom. The second-order valence-corrected chi connectivity index (χ2v) is 4.07. The number of hydrogen-bond donors (Lipinski definition) is 2. The Morgan fingerprint density at radius 1 is 1.50 bits per heavy atom. The third kappa shape index (κ3) is 3.81. The number of halogens is 4. The first-order valence-corrected chi connectivity index (χ1v) is 5.48. The zero-order valence-electron chi connectivity index (χ0n) is 9.65. The number of carbonyl (C=O) groups excluding carboxylic acids is 1. The second-order valence-electron chi connectivity index (χ2n) is 3.66. The fourth-order valence-corrected chi connectivity index (χ4v) is 1.54. The van der Waals surface area contributed by atoms with Gasteiger partial charge in [-0.05, 0) is 6.07 Å². The fraction of sp³-hybridized carbons (Fsp3) is 0.300. The lowest BCUT2D eigenvalue weighted by molar-refractivity contribution is -0.385. The first kappa shape index (κ1) is 16.2. The molecule has 0 aliphatic carbocycles. The number of nitrogens with zero attached hydrogens (tertiary/aromatic N) is 1. The number of nitro groups is 1. The molecule has 0 aromatic heterocycles. The maximum atomic E-state index is 12.1. The van der Waals surface area contributed by atoms with Crippen molar-refractivity contribution in [3.8, 4) is 0 Å². The average Bonchev–Trinajstić information content (AvgIpc) is 2.33. The van der Waals surface area contributed by atoms with E-state index >= 15 is 0 Å². The minimum Gasteiger partial charge on any atom is -0.382 e. The third-order valence-electron chi connectivity index (χ3n) is 2.25. The quantitative estimate of drug-likeness (QED) is 0.656. The Bertz CT molecular complexity index is 536. The highest BCUT2D eigenvalue weighted by molar-refractivity contribution is 6.34. The highest BCUT2D eigenvalue weighted by Crippen LogP contribution is 2.26. The van der Waals surface area contributed by atoms with E-state index in [2.05, 4.69) is 0 Å². The average molecular weight is 313 g/mol. The van der Waals surface area contributed by atoms with Gasteiger partial charge in [0.15, 0.2) is 6.10 Å². The normalized spacial score (nSPS) is 12.8. The van der Waals surface area contributed by atoms with E-state index in [1.165, 1.54) is 12.1 Å². The summed E-state index contributed by atoms with van der Waals surface area (Å²) in [5, 5.41) is 20.9. The minimum absolute atomic E-state index is 0.279. The summed E-state index contributed by atoms with van der Waals surface area (Å²) < 4.78 is 36.2. The summed E-state index contributed by atoms with van der Waals surface area (Å²) in [4.78, 5) is 21.5. The van der Waals surface area contributed by atoms with Crippen molar-refractivity contribution >= 4 is 23.2 Å². The minimum atomic E-state index is -4.90. The predicted molar refractivity (Wildman–Crippen MR) is 62.5 cm³/mol. The lowest BCUT2D eigenvalue weighted by Crippen LogP contribution is -2.40. The fourth-order valence-electron chi connectivity index (χ4n) is 1.28. The molecule has 1 atom stereocenters. The van der Waals surface area contributed by atoms with Gasteiger partial charge in [-0.1, -0.05) is 17.7 Å². The number of carbonyl (C=O) groups is 1. The van der Waals surface area contributed by atoms with Gasteiger partial charge >= 0.3 is 6.18 Å². The maximum absolute atomic E-state index is 12.1. The number of amides is 1. The lowest BCUT2D eigenvalue weighted by Gasteiger charge is -2.15. The van der Waals surface area contributed by atoms with Crippen molar-refractivity contribution in [3.63, 3.8) is 0 Å². The molecular formula is C10H8ClF3N2O4. The highest BCUT2D eigenvalue weighted by Gasteiger charge is 2.38. The molecule has 0 radical (unpaired) electrons. The molecule has 0 spiro atoms. The van der Waals surface area contributed by atoms with Crippen LogP contribution in [0.1, 0.15) is 10.4 Å². The van der Waals surface area contributed by atoms with Crippen LogP contribution in [0.15, 0.2) is 18.2 Å². The second kappa shape index (κ2) is 6.06. The largest absolute Gasteiger partial charge is 0.416 e. The van der Waals surface area contributed by atoms with E-state index < -0.39 is 40.9 Å². The van der Waals surface area contributed by atoms with E-state index in [0.29, 0.717) is 0 Å². The highest BCUT2D eigenvalue weighted by atomic mass is 35.5. The number of alkyl halides is 3. The van der Waals surface area contributed by atoms with Crippen molar-refractivity contribution in [2.24, 2.45) is 0 Å². The smallest absolute Gasteiger partial charge is 0.382 e. The first-order chi connectivity index (χ1) is 9.14. The molecular weight excluding hydrogens is 305 g/mol. The van der Waals surface area contributed by atoms with Crippen LogP contribution < -0.4 is 5.32 Å². The Hall–Kier alpha value is -1.87. The molecule has 20 heavy (non-hydrogen) atoms. The van der Waals surface area contributed by atoms with Gasteiger partial charge in [-0.3, -0.25) is 14.9 Å². The van der Waals surface area contributed by atoms with Crippen molar-refractivity contribution in [2.45, 2.75) is 12.3 Å². The van der Waals surface area contributed by atoms with Crippen LogP contribution in [0.4, 0.5) is 18.9 Å². The molecule has 1 amide bonds. The molecule has 0 saturated heterocycles. The predicted octanol–water partition coefficient (Wildman–Crippen LogP) is 1.90. The summed E-state index contributed by atoms with van der Waals surface area (Å²) in [6, 6.07) is 3.40. The molecule has 1 aromatic rings. The van der Waals surface area contributed by atoms with Crippen molar-refractivity contribution < 1.29 is 28.0 Å². The van der Waals surface area contributed by atoms with Crippen LogP contribution in [0.25, 0.3) is 0 Å². The van der Waals surface area contributed by atoms with Crippen LogP contribution >= 0.6 is 11.6 Å². The zero-order chi connectivity index (χ0) is 15.5. The van der Waals surface area contributed by atoms with Gasteiger partial charge in [0.2, 0.25) is 0 Å². The monoisotopic (exact) mass is 312 g/mol. The molecule has 110 valence electrons. The number of aliphatic hydroxyl groups excluding tert-OH is 1. The molecule has 0 heterocycles. The van der Waals surface area contributed by atoms with Gasteiger partial charge in [-0.15, -0.1) is 0 Å². The molecule has 0 aliphatic rings. The van der Waals surface area contributed by atoms with Crippen molar-refractivity contribution in [3.05, 3.63) is 38.9 Å². The summed E-state index contributed by atoms with van der Waals surface area (Å²) in [6.45, 7) is -1.13. The topological polar surface area (TPSA) is 92.5 Å². The molecule has 2 N–H and O–H groups in total. The van der Waals surface area contributed by atoms with Crippen LogP contribution in [-0.2, 0) is 0 Å². The number of nitro benzene ring substituents is 1. The Labute approximate surface area is 115 Å². The van der Waals surface area contributed by atoms with Crippen molar-refractivity contribution in [2.75, 3.05) is 6.54 Å². The van der Waals surface area contributed by atoms with Gasteiger partial charge in [0.1, 0.15) is 5.56 Å². The van der Waals surface area contributed by atoms with Gasteiger partial charge in [0.05, 0.1) is 16.5 Å². The van der Waals surface area contributed by atoms with Crippen molar-refractivity contribution in [1.82, 2.24) is 5.32 Å². The number of benzene rings is 1. The summed E-state index contributed by atoms with van der Waals surface area (Å²) in [5.74, 6) is -1.18. The van der Waals surface area contributed by atoms with Crippen LogP contribution in [0.5, 0.6) is 0 Å². The van der Waals surface area contributed by atoms with E-state index in [9.17, 15) is 28.1 Å². The van der Waals surface area contributed by atoms with Gasteiger partial charge in [-0.2, -0.15) is 13.2 Å². The van der Waals surface area contributed by atoms with E-state index in [0.717, 1.165) is 6.07 Å². The Morgan fingerprint density at radius 2 is 2.10 bits per heavy atom. The summed E-state index contributed by atoms with van der Waals surface area (Å²) in [5.41, 5.74) is -1.20. The summed E-state index contributed by atoms with van der Waals surface area (Å²) in [6.07, 6.45) is -7.67. The Kier molecular flexibility index (Phi) is 4.90. The summed E-state index contributed by atoms with van der Waals surface area (Å²) >= 11 is 5.62. The number of nitrogens with one attached hydrogen (secondary N) is 1. The number of hydrogen-bond acceptors (Lipinski definition) is 4. The maximum Gasteiger partial charge on any atom is 0.416 e. The van der Waals surface area contributed by atoms with Crippen LogP contribution in [0.3, 0.4) is 0 Å². The molecule has 0 aliphatic heterocycles. The van der Waals surface area contributed by atoms with Crippen LogP contribution in [0.2, 0.25) is 5.02 Å². The summed E-state index contributed by atoms with van der Waals surface area (Å²) in [7, 11) is 0. The first-order valence-electron chi connectivity index (χ1n) is 5.10. The van der Waals surface area contributed by atoms with Gasteiger partial charge in [0.25, 0.3) is 11.6 Å². The molecule has 10 heteroatoms. The van der Waals surface area contributed by atoms with E-state index in [4.69, 9.17) is 16.7 Å². The third-order valence-corrected chi connectivity index (χ3v) is 2.56. The van der Waals surface area contributed by atoms with Crippen LogP contribution in [-0.4, -0.2) is 34.8 Å². The molecule has 1 unspecified atom stereocenters. The van der Waals surface area contributed by atoms with Gasteiger partial charge in [-0.25, -0.2) is 0 Å². The zero-order valence-corrected chi connectivity index (χ0v) is 10.4. The van der Waals surface area contributed by atoms with Gasteiger partial charge in [0, 0.05) is 6.07 Å². The molecule has 0 fully saturated rings. The number of aliphatic hydroxyl groups is 1. The van der Waals surface area contributed by atoms with E-state index in [-0.39, 0.29) is 5.02 Å². The van der Waals surface area contributed by atoms with Crippen LogP contribution in [0, 0.1) is 10.1 Å². The molecule has 0 bridgehead atoms. The van der Waals surface area contributed by atoms with E-state index in [1.54, 1.807) is 5.32 Å². The van der Waals surface area contributed by atoms with Gasteiger partial charge < -0.3 is 10.4 Å². The van der Waals surface area contributed by atoms with E-state index in [1.807, 2.05) is 0 Å². The number of rotatable bonds is 4. The Balaban J connectivity index is 2.91. The molecule has 1 rings (SSSR count). The SMILES string of the molecule is O=C(NCC(O)C(F)(F)F)c1c(Cl)cccc1[N+](=O)[O-]. The lowest BCUT2D eigenvalue weighted by atomic mass is 10.1. The molecule has 6 nitrogen and oxygen atoms in total. The van der Waals surface area contributed by atoms with Crippen molar-refractivity contribution in [1.29, 1.82) is 0 Å². The molecule has 0 saturated carbocycles.